The van der Waals surface area contributed by atoms with Gasteiger partial charge < -0.3 is 14.8 Å². The Kier molecular flexibility index (Phi) is 5.85. The van der Waals surface area contributed by atoms with E-state index in [4.69, 9.17) is 27.9 Å². The summed E-state index contributed by atoms with van der Waals surface area (Å²) in [6.07, 6.45) is 0. The molecule has 1 aromatic rings. The van der Waals surface area contributed by atoms with Crippen molar-refractivity contribution in [1.82, 2.24) is 0 Å². The van der Waals surface area contributed by atoms with Crippen LogP contribution in [0.5, 0.6) is 5.75 Å². The number of hydrogen-bond acceptors (Lipinski definition) is 4. The van der Waals surface area contributed by atoms with E-state index < -0.39 is 17.7 Å². The Morgan fingerprint density at radius 1 is 1.42 bits per heavy atom. The van der Waals surface area contributed by atoms with Crippen LogP contribution in [0.25, 0.3) is 0 Å². The second-order valence-corrected chi connectivity index (χ2v) is 3.98. The first kappa shape index (κ1) is 15.5. The number of esters is 1. The van der Waals surface area contributed by atoms with Gasteiger partial charge >= 0.3 is 5.97 Å². The molecule has 0 spiro atoms. The van der Waals surface area contributed by atoms with Crippen LogP contribution in [0.2, 0.25) is 5.02 Å². The molecule has 0 unspecified atom stereocenters. The molecule has 0 heterocycles. The van der Waals surface area contributed by atoms with Crippen LogP contribution < -0.4 is 10.1 Å². The number of rotatable bonds is 5. The SMILES string of the molecule is COC(=O)COc1cc(NC(=O)CCl)c(F)cc1Cl. The minimum absolute atomic E-state index is 0.0368. The third-order valence-electron chi connectivity index (χ3n) is 1.99. The summed E-state index contributed by atoms with van der Waals surface area (Å²) in [5.41, 5.74) is -0.144. The summed E-state index contributed by atoms with van der Waals surface area (Å²) in [6, 6.07) is 2.11. The van der Waals surface area contributed by atoms with Gasteiger partial charge in [0.2, 0.25) is 5.91 Å². The molecule has 0 radical (unpaired) electrons. The first-order valence-corrected chi connectivity index (χ1v) is 5.93. The first-order valence-electron chi connectivity index (χ1n) is 5.02. The average molecular weight is 310 g/mol. The van der Waals surface area contributed by atoms with Crippen molar-refractivity contribution in [2.24, 2.45) is 0 Å². The normalized spacial score (nSPS) is 9.89. The number of methoxy groups -OCH3 is 1. The number of benzene rings is 1. The standard InChI is InChI=1S/C11H10Cl2FNO4/c1-18-11(17)5-19-9-3-8(15-10(16)4-12)7(14)2-6(9)13/h2-3H,4-5H2,1H3,(H,15,16). The van der Waals surface area contributed by atoms with E-state index in [2.05, 4.69) is 10.1 Å². The molecule has 1 amide bonds. The second kappa shape index (κ2) is 7.16. The molecular weight excluding hydrogens is 300 g/mol. The quantitative estimate of drug-likeness (QED) is 0.669. The molecule has 0 fully saturated rings. The molecule has 1 aromatic carbocycles. The van der Waals surface area contributed by atoms with Gasteiger partial charge in [-0.2, -0.15) is 0 Å². The Morgan fingerprint density at radius 2 is 2.11 bits per heavy atom. The van der Waals surface area contributed by atoms with Gasteiger partial charge in [-0.25, -0.2) is 9.18 Å². The highest BCUT2D eigenvalue weighted by molar-refractivity contribution is 6.32. The van der Waals surface area contributed by atoms with E-state index in [0.29, 0.717) is 0 Å². The van der Waals surface area contributed by atoms with Crippen molar-refractivity contribution in [2.45, 2.75) is 0 Å². The van der Waals surface area contributed by atoms with Crippen molar-refractivity contribution in [1.29, 1.82) is 0 Å². The van der Waals surface area contributed by atoms with Crippen molar-refractivity contribution < 1.29 is 23.5 Å². The summed E-state index contributed by atoms with van der Waals surface area (Å²) in [5, 5.41) is 2.19. The molecule has 0 saturated carbocycles. The first-order chi connectivity index (χ1) is 8.97. The van der Waals surface area contributed by atoms with Crippen LogP contribution >= 0.6 is 23.2 Å². The van der Waals surface area contributed by atoms with Crippen LogP contribution in [0.1, 0.15) is 0 Å². The molecule has 0 aliphatic heterocycles. The summed E-state index contributed by atoms with van der Waals surface area (Å²) in [4.78, 5) is 22.0. The van der Waals surface area contributed by atoms with E-state index in [1.807, 2.05) is 0 Å². The molecule has 0 saturated heterocycles. The molecule has 1 rings (SSSR count). The number of hydrogen-bond donors (Lipinski definition) is 1. The topological polar surface area (TPSA) is 64.6 Å². The van der Waals surface area contributed by atoms with Crippen molar-refractivity contribution in [2.75, 3.05) is 24.9 Å². The number of amides is 1. The second-order valence-electron chi connectivity index (χ2n) is 3.31. The Balaban J connectivity index is 2.89. The van der Waals surface area contributed by atoms with Crippen molar-refractivity contribution in [3.8, 4) is 5.75 Å². The molecule has 0 bridgehead atoms. The van der Waals surface area contributed by atoms with Gasteiger partial charge in [-0.1, -0.05) is 11.6 Å². The summed E-state index contributed by atoms with van der Waals surface area (Å²) in [7, 11) is 1.20. The predicted octanol–water partition coefficient (Wildman–Crippen LogP) is 2.21. The molecule has 0 atom stereocenters. The zero-order chi connectivity index (χ0) is 14.4. The van der Waals surface area contributed by atoms with Crippen LogP contribution in [-0.2, 0) is 14.3 Å². The maximum absolute atomic E-state index is 13.5. The number of halogens is 3. The van der Waals surface area contributed by atoms with Crippen LogP contribution in [0.3, 0.4) is 0 Å². The number of carbonyl (C=O) groups is 2. The monoisotopic (exact) mass is 309 g/mol. The van der Waals surface area contributed by atoms with Gasteiger partial charge in [-0.15, -0.1) is 11.6 Å². The molecular formula is C11H10Cl2FNO4. The molecule has 0 aliphatic rings. The highest BCUT2D eigenvalue weighted by Gasteiger charge is 2.13. The number of nitrogens with one attached hydrogen (secondary N) is 1. The number of alkyl halides is 1. The van der Waals surface area contributed by atoms with Gasteiger partial charge in [0.25, 0.3) is 0 Å². The Labute approximate surface area is 118 Å². The smallest absolute Gasteiger partial charge is 0.343 e. The fourth-order valence-corrected chi connectivity index (χ4v) is 1.39. The van der Waals surface area contributed by atoms with Crippen molar-refractivity contribution in [3.05, 3.63) is 23.0 Å². The van der Waals surface area contributed by atoms with Gasteiger partial charge in [0.15, 0.2) is 6.61 Å². The summed E-state index contributed by atoms with van der Waals surface area (Å²) in [6.45, 7) is -0.384. The minimum Gasteiger partial charge on any atom is -0.480 e. The van der Waals surface area contributed by atoms with Gasteiger partial charge in [-0.3, -0.25) is 4.79 Å². The fourth-order valence-electron chi connectivity index (χ4n) is 1.11. The van der Waals surface area contributed by atoms with Gasteiger partial charge in [0.05, 0.1) is 17.8 Å². The summed E-state index contributed by atoms with van der Waals surface area (Å²) in [5.74, 6) is -2.22. The molecule has 104 valence electrons. The van der Waals surface area contributed by atoms with E-state index in [9.17, 15) is 14.0 Å². The number of carbonyl (C=O) groups excluding carboxylic acids is 2. The molecule has 0 aromatic heterocycles. The zero-order valence-electron chi connectivity index (χ0n) is 9.84. The van der Waals surface area contributed by atoms with Gasteiger partial charge in [0, 0.05) is 6.07 Å². The van der Waals surface area contributed by atoms with Crippen LogP contribution in [-0.4, -0.2) is 31.5 Å². The lowest BCUT2D eigenvalue weighted by Crippen LogP contribution is -2.15. The van der Waals surface area contributed by atoms with E-state index >= 15 is 0 Å². The summed E-state index contributed by atoms with van der Waals surface area (Å²) < 4.78 is 22.9. The highest BCUT2D eigenvalue weighted by Crippen LogP contribution is 2.30. The maximum Gasteiger partial charge on any atom is 0.343 e. The zero-order valence-corrected chi connectivity index (χ0v) is 11.3. The largest absolute Gasteiger partial charge is 0.480 e. The van der Waals surface area contributed by atoms with Gasteiger partial charge in [0.1, 0.15) is 17.4 Å². The Bertz CT molecular complexity index is 496. The van der Waals surface area contributed by atoms with Gasteiger partial charge in [-0.05, 0) is 6.07 Å². The number of ether oxygens (including phenoxy) is 2. The van der Waals surface area contributed by atoms with Crippen LogP contribution in [0, 0.1) is 5.82 Å². The van der Waals surface area contributed by atoms with Crippen LogP contribution in [0.4, 0.5) is 10.1 Å². The van der Waals surface area contributed by atoms with Crippen molar-refractivity contribution in [3.63, 3.8) is 0 Å². The maximum atomic E-state index is 13.5. The van der Waals surface area contributed by atoms with E-state index in [-0.39, 0.29) is 28.9 Å². The molecule has 5 nitrogen and oxygen atoms in total. The highest BCUT2D eigenvalue weighted by atomic mass is 35.5. The van der Waals surface area contributed by atoms with E-state index in [0.717, 1.165) is 12.1 Å². The average Bonchev–Trinajstić information content (AvgIpc) is 2.39. The minimum atomic E-state index is -0.742. The molecule has 8 heteroatoms. The van der Waals surface area contributed by atoms with Crippen molar-refractivity contribution >= 4 is 40.8 Å². The lowest BCUT2D eigenvalue weighted by atomic mass is 10.3. The lowest BCUT2D eigenvalue weighted by Gasteiger charge is -2.10. The molecule has 1 N–H and O–H groups in total. The molecule has 0 aliphatic carbocycles. The lowest BCUT2D eigenvalue weighted by molar-refractivity contribution is -0.142. The molecule has 19 heavy (non-hydrogen) atoms. The number of anilines is 1. The van der Waals surface area contributed by atoms with E-state index in [1.165, 1.54) is 7.11 Å². The third-order valence-corrected chi connectivity index (χ3v) is 2.53. The third kappa shape index (κ3) is 4.57. The summed E-state index contributed by atoms with van der Waals surface area (Å²) >= 11 is 11.0. The Morgan fingerprint density at radius 3 is 2.68 bits per heavy atom. The fraction of sp³-hybridized carbons (Fsp3) is 0.273. The Hall–Kier alpha value is -1.53. The predicted molar refractivity (Wildman–Crippen MR) is 68.3 cm³/mol. The van der Waals surface area contributed by atoms with E-state index in [1.54, 1.807) is 0 Å². The van der Waals surface area contributed by atoms with Crippen LogP contribution in [0.15, 0.2) is 12.1 Å².